The van der Waals surface area contributed by atoms with Crippen molar-refractivity contribution in [2.75, 3.05) is 14.2 Å². The highest BCUT2D eigenvalue weighted by molar-refractivity contribution is 5.69. The third-order valence-electron chi connectivity index (χ3n) is 1.59. The van der Waals surface area contributed by atoms with Gasteiger partial charge in [0, 0.05) is 13.3 Å². The first kappa shape index (κ1) is 16.4. The number of ether oxygens (including phenoxy) is 2. The minimum Gasteiger partial charge on any atom is -0.469 e. The summed E-state index contributed by atoms with van der Waals surface area (Å²) in [6.45, 7) is 7.68. The minimum atomic E-state index is -0.245. The van der Waals surface area contributed by atoms with Crippen LogP contribution in [0.15, 0.2) is 0 Å². The molecule has 0 aliphatic rings. The van der Waals surface area contributed by atoms with Crippen LogP contribution in [-0.4, -0.2) is 26.2 Å². The van der Waals surface area contributed by atoms with Gasteiger partial charge in [0.05, 0.1) is 14.2 Å². The van der Waals surface area contributed by atoms with Crippen LogP contribution in [0.2, 0.25) is 0 Å². The quantitative estimate of drug-likeness (QED) is 0.666. The number of esters is 2. The van der Waals surface area contributed by atoms with Crippen molar-refractivity contribution in [1.82, 2.24) is 0 Å². The van der Waals surface area contributed by atoms with Crippen molar-refractivity contribution in [1.29, 1.82) is 0 Å². The first-order valence-electron chi connectivity index (χ1n) is 4.84. The Hall–Kier alpha value is -1.06. The number of carbonyl (C=O) groups excluding carboxylic acids is 2. The number of methoxy groups -OCH3 is 2. The third-order valence-corrected chi connectivity index (χ3v) is 1.59. The van der Waals surface area contributed by atoms with E-state index in [0.29, 0.717) is 6.42 Å². The Morgan fingerprint density at radius 3 is 1.67 bits per heavy atom. The van der Waals surface area contributed by atoms with Crippen LogP contribution >= 0.6 is 0 Å². The van der Waals surface area contributed by atoms with E-state index in [2.05, 4.69) is 30.2 Å². The maximum absolute atomic E-state index is 10.6. The summed E-state index contributed by atoms with van der Waals surface area (Å²) in [5.74, 6) is -0.361. The molecule has 0 aliphatic carbocycles. The SMILES string of the molecule is COC(=O)CCC(C)(C)C.COC(C)=O. The van der Waals surface area contributed by atoms with Crippen molar-refractivity contribution in [3.05, 3.63) is 0 Å². The summed E-state index contributed by atoms with van der Waals surface area (Å²) in [6.07, 6.45) is 1.42. The normalized spacial score (nSPS) is 9.73. The second-order valence-electron chi connectivity index (χ2n) is 4.33. The van der Waals surface area contributed by atoms with Crippen LogP contribution in [0.3, 0.4) is 0 Å². The van der Waals surface area contributed by atoms with Gasteiger partial charge in [0.1, 0.15) is 0 Å². The fraction of sp³-hybridized carbons (Fsp3) is 0.818. The Morgan fingerprint density at radius 1 is 1.07 bits per heavy atom. The largest absolute Gasteiger partial charge is 0.469 e. The highest BCUT2D eigenvalue weighted by Crippen LogP contribution is 2.20. The molecule has 0 aliphatic heterocycles. The molecule has 0 unspecified atom stereocenters. The lowest BCUT2D eigenvalue weighted by atomic mass is 9.91. The molecular weight excluding hydrogens is 196 g/mol. The lowest BCUT2D eigenvalue weighted by Crippen LogP contribution is -2.09. The zero-order valence-corrected chi connectivity index (χ0v) is 10.5. The second kappa shape index (κ2) is 8.26. The predicted octanol–water partition coefficient (Wildman–Crippen LogP) is 2.17. The summed E-state index contributed by atoms with van der Waals surface area (Å²) >= 11 is 0. The average Bonchev–Trinajstić information content (AvgIpc) is 2.14. The lowest BCUT2D eigenvalue weighted by Gasteiger charge is -2.16. The number of hydrogen-bond donors (Lipinski definition) is 0. The van der Waals surface area contributed by atoms with Crippen LogP contribution in [0, 0.1) is 5.41 Å². The standard InChI is InChI=1S/C8H16O2.C3H6O2/c1-8(2,3)6-5-7(9)10-4;1-3(4)5-2/h5-6H2,1-4H3;1-2H3. The van der Waals surface area contributed by atoms with Gasteiger partial charge in [-0.3, -0.25) is 9.59 Å². The number of carbonyl (C=O) groups is 2. The van der Waals surface area contributed by atoms with Gasteiger partial charge in [-0.25, -0.2) is 0 Å². The summed E-state index contributed by atoms with van der Waals surface area (Å²) in [5, 5.41) is 0. The van der Waals surface area contributed by atoms with Crippen LogP contribution in [0.5, 0.6) is 0 Å². The van der Waals surface area contributed by atoms with Gasteiger partial charge in [-0.15, -0.1) is 0 Å². The summed E-state index contributed by atoms with van der Waals surface area (Å²) < 4.78 is 8.62. The molecule has 0 aromatic carbocycles. The number of rotatable bonds is 2. The van der Waals surface area contributed by atoms with Gasteiger partial charge in [-0.1, -0.05) is 20.8 Å². The third kappa shape index (κ3) is 19.4. The molecule has 0 rings (SSSR count). The van der Waals surface area contributed by atoms with E-state index in [1.807, 2.05) is 0 Å². The van der Waals surface area contributed by atoms with E-state index in [-0.39, 0.29) is 17.4 Å². The second-order valence-corrected chi connectivity index (χ2v) is 4.33. The van der Waals surface area contributed by atoms with Crippen molar-refractivity contribution in [3.8, 4) is 0 Å². The van der Waals surface area contributed by atoms with E-state index in [1.54, 1.807) is 0 Å². The van der Waals surface area contributed by atoms with Crippen LogP contribution in [0.25, 0.3) is 0 Å². The fourth-order valence-corrected chi connectivity index (χ4v) is 0.579. The number of hydrogen-bond acceptors (Lipinski definition) is 4. The molecule has 4 nitrogen and oxygen atoms in total. The van der Waals surface area contributed by atoms with Crippen molar-refractivity contribution in [3.63, 3.8) is 0 Å². The highest BCUT2D eigenvalue weighted by atomic mass is 16.5. The smallest absolute Gasteiger partial charge is 0.305 e. The van der Waals surface area contributed by atoms with Gasteiger partial charge in [0.2, 0.25) is 0 Å². The van der Waals surface area contributed by atoms with E-state index in [0.717, 1.165) is 6.42 Å². The monoisotopic (exact) mass is 218 g/mol. The predicted molar refractivity (Wildman–Crippen MR) is 58.4 cm³/mol. The molecule has 0 atom stereocenters. The van der Waals surface area contributed by atoms with Gasteiger partial charge in [0.15, 0.2) is 0 Å². The summed E-state index contributed by atoms with van der Waals surface area (Å²) in [7, 11) is 2.77. The van der Waals surface area contributed by atoms with E-state index < -0.39 is 0 Å². The Kier molecular flexibility index (Phi) is 9.02. The fourth-order valence-electron chi connectivity index (χ4n) is 0.579. The zero-order valence-electron chi connectivity index (χ0n) is 10.5. The molecule has 90 valence electrons. The molecule has 0 aromatic rings. The first-order chi connectivity index (χ1) is 6.72. The van der Waals surface area contributed by atoms with Gasteiger partial charge in [-0.05, 0) is 11.8 Å². The average molecular weight is 218 g/mol. The van der Waals surface area contributed by atoms with Crippen molar-refractivity contribution < 1.29 is 19.1 Å². The maximum atomic E-state index is 10.6. The molecular formula is C11H22O4. The van der Waals surface area contributed by atoms with Crippen LogP contribution < -0.4 is 0 Å². The summed E-state index contributed by atoms with van der Waals surface area (Å²) in [5.41, 5.74) is 0.230. The molecule has 0 heterocycles. The molecule has 0 bridgehead atoms. The van der Waals surface area contributed by atoms with E-state index >= 15 is 0 Å². The molecule has 0 spiro atoms. The molecule has 0 amide bonds. The van der Waals surface area contributed by atoms with Gasteiger partial charge < -0.3 is 9.47 Å². The first-order valence-corrected chi connectivity index (χ1v) is 4.84. The Bertz CT molecular complexity index is 191. The van der Waals surface area contributed by atoms with E-state index in [4.69, 9.17) is 0 Å². The Labute approximate surface area is 91.9 Å². The molecule has 15 heavy (non-hydrogen) atoms. The Morgan fingerprint density at radius 2 is 1.47 bits per heavy atom. The summed E-state index contributed by atoms with van der Waals surface area (Å²) in [4.78, 5) is 20.2. The topological polar surface area (TPSA) is 52.6 Å². The summed E-state index contributed by atoms with van der Waals surface area (Å²) in [6, 6.07) is 0. The van der Waals surface area contributed by atoms with E-state index in [1.165, 1.54) is 21.1 Å². The van der Waals surface area contributed by atoms with Crippen LogP contribution in [0.4, 0.5) is 0 Å². The zero-order chi connectivity index (χ0) is 12.5. The molecule has 0 N–H and O–H groups in total. The Balaban J connectivity index is 0. The van der Waals surface area contributed by atoms with Crippen molar-refractivity contribution in [2.45, 2.75) is 40.5 Å². The van der Waals surface area contributed by atoms with Gasteiger partial charge in [-0.2, -0.15) is 0 Å². The van der Waals surface area contributed by atoms with Gasteiger partial charge >= 0.3 is 11.9 Å². The van der Waals surface area contributed by atoms with Crippen LogP contribution in [-0.2, 0) is 19.1 Å². The molecule has 0 fully saturated rings. The molecule has 0 aromatic heterocycles. The van der Waals surface area contributed by atoms with Crippen LogP contribution in [0.1, 0.15) is 40.5 Å². The highest BCUT2D eigenvalue weighted by Gasteiger charge is 2.12. The molecule has 0 saturated heterocycles. The van der Waals surface area contributed by atoms with E-state index in [9.17, 15) is 9.59 Å². The molecule has 4 heteroatoms. The molecule has 0 radical (unpaired) electrons. The van der Waals surface area contributed by atoms with Crippen molar-refractivity contribution >= 4 is 11.9 Å². The van der Waals surface area contributed by atoms with Crippen molar-refractivity contribution in [2.24, 2.45) is 5.41 Å². The maximum Gasteiger partial charge on any atom is 0.305 e. The molecule has 0 saturated carbocycles. The minimum absolute atomic E-state index is 0.116. The lowest BCUT2D eigenvalue weighted by molar-refractivity contribution is -0.141. The van der Waals surface area contributed by atoms with Gasteiger partial charge in [0.25, 0.3) is 0 Å².